The van der Waals surface area contributed by atoms with Crippen molar-refractivity contribution in [3.05, 3.63) is 404 Å². The van der Waals surface area contributed by atoms with Gasteiger partial charge in [0.1, 0.15) is 0 Å². The zero-order valence-electron chi connectivity index (χ0n) is 67.7. The van der Waals surface area contributed by atoms with Crippen LogP contribution in [0.5, 0.6) is 0 Å². The Morgan fingerprint density at radius 3 is 1.11 bits per heavy atom. The Labute approximate surface area is 686 Å². The monoisotopic (exact) mass is 1510 g/mol. The van der Waals surface area contributed by atoms with Crippen molar-refractivity contribution in [2.24, 2.45) is 0 Å². The van der Waals surface area contributed by atoms with E-state index in [1.54, 1.807) is 0 Å². The third-order valence-corrected chi connectivity index (χ3v) is 24.4. The lowest BCUT2D eigenvalue weighted by molar-refractivity contribution is 0.657. The van der Waals surface area contributed by atoms with Crippen molar-refractivity contribution in [1.29, 1.82) is 10.5 Å². The van der Waals surface area contributed by atoms with Gasteiger partial charge in [0.25, 0.3) is 0 Å². The third kappa shape index (κ3) is 12.7. The Hall–Kier alpha value is -14.6. The summed E-state index contributed by atoms with van der Waals surface area (Å²) < 4.78 is 0. The van der Waals surface area contributed by atoms with Crippen molar-refractivity contribution in [3.63, 3.8) is 0 Å². The topological polar surface area (TPSA) is 125 Å². The van der Waals surface area contributed by atoms with Gasteiger partial charge in [-0.05, 0) is 204 Å². The van der Waals surface area contributed by atoms with E-state index < -0.39 is 0 Å². The Bertz CT molecular complexity index is 6720. The molecule has 5 aromatic heterocycles. The molecule has 10 aromatic carbocycles. The van der Waals surface area contributed by atoms with Crippen molar-refractivity contribution in [2.45, 2.75) is 110 Å². The van der Waals surface area contributed by atoms with Crippen LogP contribution in [0.3, 0.4) is 0 Å². The Morgan fingerprint density at radius 1 is 0.274 bits per heavy atom. The minimum Gasteiger partial charge on any atom is -0.256 e. The number of fused-ring (bicyclic) bond motifs is 15. The highest BCUT2D eigenvalue weighted by Gasteiger charge is 2.44. The molecular weight excluding hydrogens is 1430 g/mol. The minimum atomic E-state index is -0.218. The van der Waals surface area contributed by atoms with E-state index in [1.165, 1.54) is 100 Å². The van der Waals surface area contributed by atoms with E-state index in [-0.39, 0.29) is 27.1 Å². The highest BCUT2D eigenvalue weighted by molar-refractivity contribution is 5.96. The lowest BCUT2D eigenvalue weighted by Gasteiger charge is -2.26. The molecule has 0 spiro atoms. The summed E-state index contributed by atoms with van der Waals surface area (Å²) in [5.41, 5.74) is 40.1. The zero-order chi connectivity index (χ0) is 81.9. The number of hydrogen-bond acceptors (Lipinski definition) is 7. The Kier molecular flexibility index (Phi) is 19.6. The molecule has 0 aliphatic heterocycles. The van der Waals surface area contributed by atoms with Crippen LogP contribution in [-0.2, 0) is 27.1 Å². The first-order valence-corrected chi connectivity index (χ1v) is 39.4. The average Bonchev–Trinajstić information content (AvgIpc) is 1.60. The van der Waals surface area contributed by atoms with Gasteiger partial charge in [-0.3, -0.25) is 24.9 Å². The molecular formula is C107H84N10. The summed E-state index contributed by atoms with van der Waals surface area (Å²) in [6, 6.07) is 92.9. The lowest BCUT2D eigenvalue weighted by atomic mass is 9.77. The predicted molar refractivity (Wildman–Crippen MR) is 474 cm³/mol. The summed E-state index contributed by atoms with van der Waals surface area (Å²) >= 11 is 0. The molecule has 0 amide bonds. The molecule has 5 aliphatic rings. The number of nitrogens with zero attached hydrogens (tertiary/aromatic N) is 10. The van der Waals surface area contributed by atoms with Crippen molar-refractivity contribution < 1.29 is 0 Å². The van der Waals surface area contributed by atoms with E-state index in [0.717, 1.165) is 101 Å². The molecule has 562 valence electrons. The molecule has 0 saturated carbocycles. The second-order valence-corrected chi connectivity index (χ2v) is 32.9. The molecule has 5 heterocycles. The van der Waals surface area contributed by atoms with Gasteiger partial charge in [0, 0.05) is 97.0 Å². The molecule has 0 bridgehead atoms. The average molecular weight is 1510 g/mol. The van der Waals surface area contributed by atoms with Gasteiger partial charge >= 0.3 is 0 Å². The molecule has 15 aromatic rings. The maximum absolute atomic E-state index is 9.59. The smallest absolute Gasteiger partial charge is 0.194 e. The van der Waals surface area contributed by atoms with Crippen LogP contribution in [0.4, 0.5) is 17.1 Å². The summed E-state index contributed by atoms with van der Waals surface area (Å²) in [6.07, 6.45) is 9.14. The molecule has 0 radical (unpaired) electrons. The number of benzene rings is 10. The third-order valence-electron chi connectivity index (χ3n) is 24.4. The van der Waals surface area contributed by atoms with Crippen LogP contribution in [0.15, 0.2) is 292 Å². The van der Waals surface area contributed by atoms with Gasteiger partial charge < -0.3 is 0 Å². The van der Waals surface area contributed by atoms with E-state index in [4.69, 9.17) is 19.7 Å². The maximum Gasteiger partial charge on any atom is 0.194 e. The fourth-order valence-corrected chi connectivity index (χ4v) is 19.4. The highest BCUT2D eigenvalue weighted by atomic mass is 14.7. The van der Waals surface area contributed by atoms with E-state index >= 15 is 0 Å². The first-order chi connectivity index (χ1) is 56.5. The van der Waals surface area contributed by atoms with Crippen LogP contribution in [0.2, 0.25) is 0 Å². The fraction of sp³-hybridized carbons (Fsp3) is 0.159. The standard InChI is InChI=1S/2C22H18N2.3C21H16N2/c1-14-18(23-4)12-11-16-15-8-7-9-17(19-10-5-6-13-24-19)21(15)22(2,3)20(14)16;1-14-11-12-16-15-8-7-9-17(18-10-5-6-13-24-18)19(15)22(2,3)20(16)21(14)23-4;1-21(2)18-11-10-14(22-3)13-17(18)15-7-6-8-16(20(15)21)19-9-4-5-12-23-19;1-21(2)17-10-5-7-14(13-22)19(17)16-9-6-8-15(20(16)21)18-11-3-4-12-23-18;1-21(2)17-8-4-3-7-15(17)19-14(13-22)10-11-16(20(19)21)18-9-5-6-12-23-18/h2*5-13H,1-3H3;4-13H,1-2H3;2*3-12H,1-2H3. The van der Waals surface area contributed by atoms with Crippen LogP contribution >= 0.6 is 0 Å². The van der Waals surface area contributed by atoms with Crippen LogP contribution < -0.4 is 0 Å². The first-order valence-electron chi connectivity index (χ1n) is 39.4. The number of nitriles is 2. The van der Waals surface area contributed by atoms with Gasteiger partial charge in [-0.1, -0.05) is 251 Å². The summed E-state index contributed by atoms with van der Waals surface area (Å²) in [5, 5.41) is 19.1. The highest BCUT2D eigenvalue weighted by Crippen LogP contribution is 2.60. The number of hydrogen-bond donors (Lipinski definition) is 0. The minimum absolute atomic E-state index is 0.0979. The second kappa shape index (κ2) is 30.1. The normalized spacial score (nSPS) is 13.9. The van der Waals surface area contributed by atoms with Gasteiger partial charge in [-0.15, -0.1) is 0 Å². The van der Waals surface area contributed by atoms with E-state index in [2.05, 4.69) is 267 Å². The van der Waals surface area contributed by atoms with E-state index in [1.807, 2.05) is 159 Å². The molecule has 0 N–H and O–H groups in total. The van der Waals surface area contributed by atoms with Gasteiger partial charge in [0.2, 0.25) is 0 Å². The molecule has 0 saturated heterocycles. The summed E-state index contributed by atoms with van der Waals surface area (Å²) in [4.78, 5) is 33.9. The predicted octanol–water partition coefficient (Wildman–Crippen LogP) is 27.3. The van der Waals surface area contributed by atoms with Gasteiger partial charge in [0.05, 0.1) is 71.5 Å². The quantitative estimate of drug-likeness (QED) is 0.157. The van der Waals surface area contributed by atoms with Crippen LogP contribution in [0, 0.1) is 56.2 Å². The van der Waals surface area contributed by atoms with Crippen LogP contribution in [0.25, 0.3) is 126 Å². The van der Waals surface area contributed by atoms with Crippen LogP contribution in [-0.4, -0.2) is 24.9 Å². The van der Waals surface area contributed by atoms with Crippen molar-refractivity contribution >= 4 is 17.1 Å². The summed E-state index contributed by atoms with van der Waals surface area (Å²) in [5.74, 6) is 0. The summed E-state index contributed by atoms with van der Waals surface area (Å²) in [7, 11) is 0. The molecule has 10 nitrogen and oxygen atoms in total. The second-order valence-electron chi connectivity index (χ2n) is 32.9. The number of aromatic nitrogens is 5. The fourth-order valence-electron chi connectivity index (χ4n) is 19.4. The van der Waals surface area contributed by atoms with Crippen molar-refractivity contribution in [2.75, 3.05) is 0 Å². The SMILES string of the molecule is CC1(C)c2cccc(C#N)c2-c2cccc(-c3ccccn3)c21.CC1(C)c2ccccc2-c2c(C#N)ccc(-c3ccccn3)c21.[C-]#[N+]c1c(C)ccc2c1C(C)(C)c1c(-c3ccccn3)cccc1-2.[C-]#[N+]c1ccc2c(c1)-c1cccc(-c3ccccn3)c1C2(C)C.[C-]#[N+]c1ccc2c(c1C)C(C)(C)c1c(-c3ccccn3)cccc1-2. The number of aryl methyl sites for hydroxylation is 1. The Morgan fingerprint density at radius 2 is 0.632 bits per heavy atom. The molecule has 117 heavy (non-hydrogen) atoms. The maximum atomic E-state index is 9.59. The molecule has 0 unspecified atom stereocenters. The lowest BCUT2D eigenvalue weighted by Crippen LogP contribution is -2.17. The number of pyridine rings is 5. The van der Waals surface area contributed by atoms with Crippen molar-refractivity contribution in [1.82, 2.24) is 24.9 Å². The molecule has 10 heteroatoms. The van der Waals surface area contributed by atoms with E-state index in [0.29, 0.717) is 5.69 Å². The Balaban J connectivity index is 0.000000110. The van der Waals surface area contributed by atoms with E-state index in [9.17, 15) is 10.5 Å². The van der Waals surface area contributed by atoms with Crippen LogP contribution in [0.1, 0.15) is 147 Å². The van der Waals surface area contributed by atoms with Crippen molar-refractivity contribution in [3.8, 4) is 124 Å². The van der Waals surface area contributed by atoms with Gasteiger partial charge in [-0.2, -0.15) is 10.5 Å². The molecule has 0 atom stereocenters. The molecule has 0 fully saturated rings. The van der Waals surface area contributed by atoms with Gasteiger partial charge in [-0.25, -0.2) is 14.5 Å². The molecule has 20 rings (SSSR count). The first kappa shape index (κ1) is 76.4. The molecule has 5 aliphatic carbocycles. The summed E-state index contributed by atoms with van der Waals surface area (Å²) in [6.45, 7) is 48.8. The van der Waals surface area contributed by atoms with Gasteiger partial charge in [0.15, 0.2) is 17.1 Å². The number of rotatable bonds is 5. The zero-order valence-corrected chi connectivity index (χ0v) is 67.7. The largest absolute Gasteiger partial charge is 0.256 e.